The molecule has 1 unspecified atom stereocenters. The fraction of sp³-hybridized carbons (Fsp3) is 0.412. The maximum atomic E-state index is 12.6. The van der Waals surface area contributed by atoms with Gasteiger partial charge in [-0.25, -0.2) is 0 Å². The van der Waals surface area contributed by atoms with Gasteiger partial charge in [-0.05, 0) is 12.1 Å². The summed E-state index contributed by atoms with van der Waals surface area (Å²) in [5, 5.41) is 1.13. The van der Waals surface area contributed by atoms with Gasteiger partial charge < -0.3 is 0 Å². The zero-order chi connectivity index (χ0) is 14.2. The van der Waals surface area contributed by atoms with Crippen LogP contribution in [0.3, 0.4) is 0 Å². The SMILES string of the molecule is O=C(Cc1ccc2ccccc2n1)C1CN2CCN1CC2. The Balaban J connectivity index is 1.52. The molecule has 1 aromatic heterocycles. The highest BCUT2D eigenvalue weighted by Gasteiger charge is 2.35. The number of para-hydroxylation sites is 1. The maximum absolute atomic E-state index is 12.6. The first-order valence-corrected chi connectivity index (χ1v) is 7.63. The molecule has 0 radical (unpaired) electrons. The molecule has 4 nitrogen and oxygen atoms in total. The molecule has 0 spiro atoms. The van der Waals surface area contributed by atoms with Crippen molar-refractivity contribution in [2.45, 2.75) is 12.5 Å². The molecule has 108 valence electrons. The third-order valence-electron chi connectivity index (χ3n) is 4.66. The van der Waals surface area contributed by atoms with Crippen molar-refractivity contribution in [1.82, 2.24) is 14.8 Å². The third kappa shape index (κ3) is 2.45. The van der Waals surface area contributed by atoms with E-state index in [1.165, 1.54) is 0 Å². The smallest absolute Gasteiger partial charge is 0.157 e. The van der Waals surface area contributed by atoms with Crippen molar-refractivity contribution < 1.29 is 4.79 Å². The molecule has 2 aromatic rings. The molecule has 0 aliphatic carbocycles. The number of carbonyl (C=O) groups excluding carboxylic acids is 1. The monoisotopic (exact) mass is 281 g/mol. The fourth-order valence-corrected chi connectivity index (χ4v) is 3.43. The number of rotatable bonds is 3. The van der Waals surface area contributed by atoms with Crippen molar-refractivity contribution in [3.05, 3.63) is 42.1 Å². The molecule has 1 aromatic carbocycles. The zero-order valence-corrected chi connectivity index (χ0v) is 12.0. The van der Waals surface area contributed by atoms with Gasteiger partial charge in [-0.15, -0.1) is 0 Å². The number of hydrogen-bond donors (Lipinski definition) is 0. The van der Waals surface area contributed by atoms with E-state index in [9.17, 15) is 4.79 Å². The summed E-state index contributed by atoms with van der Waals surface area (Å²) >= 11 is 0. The van der Waals surface area contributed by atoms with Crippen molar-refractivity contribution in [2.75, 3.05) is 32.7 Å². The van der Waals surface area contributed by atoms with Gasteiger partial charge in [0.25, 0.3) is 0 Å². The molecular formula is C17H19N3O. The van der Waals surface area contributed by atoms with Crippen LogP contribution in [-0.4, -0.2) is 59.3 Å². The second-order valence-electron chi connectivity index (χ2n) is 5.99. The first kappa shape index (κ1) is 12.9. The van der Waals surface area contributed by atoms with Crippen LogP contribution >= 0.6 is 0 Å². The largest absolute Gasteiger partial charge is 0.299 e. The van der Waals surface area contributed by atoms with E-state index in [-0.39, 0.29) is 6.04 Å². The zero-order valence-electron chi connectivity index (χ0n) is 12.0. The highest BCUT2D eigenvalue weighted by atomic mass is 16.1. The molecule has 5 rings (SSSR count). The first-order valence-electron chi connectivity index (χ1n) is 7.63. The van der Waals surface area contributed by atoms with Gasteiger partial charge in [-0.2, -0.15) is 0 Å². The lowest BCUT2D eigenvalue weighted by Gasteiger charge is -2.46. The van der Waals surface area contributed by atoms with Crippen LogP contribution in [0.2, 0.25) is 0 Å². The number of carbonyl (C=O) groups is 1. The molecule has 4 heterocycles. The number of benzene rings is 1. The van der Waals surface area contributed by atoms with E-state index < -0.39 is 0 Å². The first-order chi connectivity index (χ1) is 10.3. The summed E-state index contributed by atoms with van der Waals surface area (Å²) < 4.78 is 0. The lowest BCUT2D eigenvalue weighted by Crippen LogP contribution is -2.63. The molecular weight excluding hydrogens is 262 g/mol. The second-order valence-corrected chi connectivity index (χ2v) is 5.99. The molecule has 3 fully saturated rings. The normalized spacial score (nSPS) is 27.9. The van der Waals surface area contributed by atoms with E-state index in [4.69, 9.17) is 0 Å². The van der Waals surface area contributed by atoms with Gasteiger partial charge in [0.05, 0.1) is 18.0 Å². The van der Waals surface area contributed by atoms with Crippen LogP contribution in [0.15, 0.2) is 36.4 Å². The number of ketones is 1. The van der Waals surface area contributed by atoms with Gasteiger partial charge in [-0.1, -0.05) is 24.3 Å². The van der Waals surface area contributed by atoms with Crippen LogP contribution in [-0.2, 0) is 11.2 Å². The minimum atomic E-state index is 0.0702. The molecule has 0 saturated carbocycles. The Bertz CT molecular complexity index is 677. The number of aromatic nitrogens is 1. The molecule has 3 saturated heterocycles. The number of pyridine rings is 1. The summed E-state index contributed by atoms with van der Waals surface area (Å²) in [6.07, 6.45) is 0.444. The Labute approximate surface area is 124 Å². The Morgan fingerprint density at radius 3 is 2.67 bits per heavy atom. The lowest BCUT2D eigenvalue weighted by molar-refractivity contribution is -0.128. The van der Waals surface area contributed by atoms with Crippen LogP contribution in [0.5, 0.6) is 0 Å². The standard InChI is InChI=1S/C17H19N3O/c21-17(16-12-19-7-9-20(16)10-8-19)11-14-6-5-13-3-1-2-4-15(13)18-14/h1-6,16H,7-12H2. The predicted molar refractivity (Wildman–Crippen MR) is 82.3 cm³/mol. The third-order valence-corrected chi connectivity index (χ3v) is 4.66. The van der Waals surface area contributed by atoms with Crippen molar-refractivity contribution in [2.24, 2.45) is 0 Å². The van der Waals surface area contributed by atoms with Gasteiger partial charge >= 0.3 is 0 Å². The van der Waals surface area contributed by atoms with E-state index in [1.54, 1.807) is 0 Å². The van der Waals surface area contributed by atoms with Gasteiger partial charge in [0.15, 0.2) is 5.78 Å². The minimum Gasteiger partial charge on any atom is -0.299 e. The van der Waals surface area contributed by atoms with E-state index in [0.717, 1.165) is 49.3 Å². The van der Waals surface area contributed by atoms with Crippen LogP contribution in [0.25, 0.3) is 10.9 Å². The Morgan fingerprint density at radius 1 is 1.10 bits per heavy atom. The number of piperazine rings is 3. The van der Waals surface area contributed by atoms with Gasteiger partial charge in [0.2, 0.25) is 0 Å². The molecule has 4 heteroatoms. The summed E-state index contributed by atoms with van der Waals surface area (Å²) in [5.41, 5.74) is 1.85. The van der Waals surface area contributed by atoms with E-state index in [2.05, 4.69) is 20.9 Å². The molecule has 0 amide bonds. The highest BCUT2D eigenvalue weighted by Crippen LogP contribution is 2.18. The summed E-state index contributed by atoms with van der Waals surface area (Å²) in [6.45, 7) is 5.17. The van der Waals surface area contributed by atoms with Crippen molar-refractivity contribution in [3.63, 3.8) is 0 Å². The van der Waals surface area contributed by atoms with Gasteiger partial charge in [0.1, 0.15) is 0 Å². The average molecular weight is 281 g/mol. The second kappa shape index (κ2) is 5.20. The molecule has 0 N–H and O–H groups in total. The molecule has 2 bridgehead atoms. The molecule has 3 aliphatic heterocycles. The molecule has 3 aliphatic rings. The summed E-state index contributed by atoms with van der Waals surface area (Å²) in [6, 6.07) is 12.2. The Kier molecular flexibility index (Phi) is 3.20. The number of nitrogens with zero attached hydrogens (tertiary/aromatic N) is 3. The Morgan fingerprint density at radius 2 is 1.90 bits per heavy atom. The van der Waals surface area contributed by atoms with Crippen molar-refractivity contribution >= 4 is 16.7 Å². The van der Waals surface area contributed by atoms with E-state index in [1.807, 2.05) is 30.3 Å². The maximum Gasteiger partial charge on any atom is 0.157 e. The minimum absolute atomic E-state index is 0.0702. The summed E-state index contributed by atoms with van der Waals surface area (Å²) in [7, 11) is 0. The lowest BCUT2D eigenvalue weighted by atomic mass is 10.00. The van der Waals surface area contributed by atoms with Gasteiger partial charge in [-0.3, -0.25) is 19.6 Å². The summed E-state index contributed by atoms with van der Waals surface area (Å²) in [5.74, 6) is 0.308. The van der Waals surface area contributed by atoms with Crippen LogP contribution in [0.4, 0.5) is 0 Å². The van der Waals surface area contributed by atoms with Crippen LogP contribution < -0.4 is 0 Å². The summed E-state index contributed by atoms with van der Waals surface area (Å²) in [4.78, 5) is 21.9. The topological polar surface area (TPSA) is 36.4 Å². The Hall–Kier alpha value is -1.78. The molecule has 1 atom stereocenters. The molecule has 21 heavy (non-hydrogen) atoms. The predicted octanol–water partition coefficient (Wildman–Crippen LogP) is 1.35. The van der Waals surface area contributed by atoms with Crippen molar-refractivity contribution in [3.8, 4) is 0 Å². The number of Topliss-reactive ketones (excluding diaryl/α,β-unsaturated/α-hetero) is 1. The van der Waals surface area contributed by atoms with Crippen molar-refractivity contribution in [1.29, 1.82) is 0 Å². The average Bonchev–Trinajstić information content (AvgIpc) is 2.56. The van der Waals surface area contributed by atoms with Crippen LogP contribution in [0, 0.1) is 0 Å². The highest BCUT2D eigenvalue weighted by molar-refractivity contribution is 5.87. The van der Waals surface area contributed by atoms with E-state index in [0.29, 0.717) is 12.2 Å². The number of fused-ring (bicyclic) bond motifs is 4. The fourth-order valence-electron chi connectivity index (χ4n) is 3.43. The van der Waals surface area contributed by atoms with E-state index >= 15 is 0 Å². The van der Waals surface area contributed by atoms with Crippen LogP contribution in [0.1, 0.15) is 5.69 Å². The quantitative estimate of drug-likeness (QED) is 0.851. The van der Waals surface area contributed by atoms with Gasteiger partial charge in [0, 0.05) is 43.8 Å². The number of hydrogen-bond acceptors (Lipinski definition) is 4.